The minimum atomic E-state index is 0.644. The van der Waals surface area contributed by atoms with Gasteiger partial charge >= 0.3 is 0 Å². The number of ether oxygens (including phenoxy) is 1. The molecule has 0 N–H and O–H groups in total. The van der Waals surface area contributed by atoms with E-state index in [2.05, 4.69) is 11.6 Å². The molecule has 1 aromatic heterocycles. The maximum atomic E-state index is 5.63. The second kappa shape index (κ2) is 6.30. The van der Waals surface area contributed by atoms with Crippen molar-refractivity contribution in [2.75, 3.05) is 12.0 Å². The van der Waals surface area contributed by atoms with Crippen LogP contribution in [0.25, 0.3) is 5.76 Å². The van der Waals surface area contributed by atoms with Crippen molar-refractivity contribution in [3.8, 4) is 0 Å². The Bertz CT molecular complexity index is 346. The lowest BCUT2D eigenvalue weighted by atomic mass is 10.2. The summed E-state index contributed by atoms with van der Waals surface area (Å²) < 4.78 is 5.63. The average molecular weight is 221 g/mol. The van der Waals surface area contributed by atoms with Crippen LogP contribution in [0.5, 0.6) is 0 Å². The summed E-state index contributed by atoms with van der Waals surface area (Å²) in [5, 5.41) is 0. The van der Waals surface area contributed by atoms with E-state index < -0.39 is 0 Å². The van der Waals surface area contributed by atoms with Crippen LogP contribution in [0.15, 0.2) is 42.9 Å². The van der Waals surface area contributed by atoms with Crippen LogP contribution >= 0.6 is 11.8 Å². The zero-order valence-electron chi connectivity index (χ0n) is 9.06. The maximum absolute atomic E-state index is 5.63. The highest BCUT2D eigenvalue weighted by molar-refractivity contribution is 7.98. The monoisotopic (exact) mass is 221 g/mol. The largest absolute Gasteiger partial charge is 0.461 e. The Morgan fingerprint density at radius 1 is 1.67 bits per heavy atom. The second-order valence-corrected chi connectivity index (χ2v) is 3.82. The van der Waals surface area contributed by atoms with Gasteiger partial charge in [0.2, 0.25) is 0 Å². The quantitative estimate of drug-likeness (QED) is 0.712. The van der Waals surface area contributed by atoms with Gasteiger partial charge in [-0.15, -0.1) is 0 Å². The van der Waals surface area contributed by atoms with E-state index in [1.807, 2.05) is 31.4 Å². The van der Waals surface area contributed by atoms with E-state index in [-0.39, 0.29) is 0 Å². The molecule has 0 aliphatic heterocycles. The first-order chi connectivity index (χ1) is 7.27. The third-order valence-corrected chi connectivity index (χ3v) is 2.42. The molecular formula is C12H15NOS. The molecule has 15 heavy (non-hydrogen) atoms. The summed E-state index contributed by atoms with van der Waals surface area (Å²) in [5.41, 5.74) is 0.915. The van der Waals surface area contributed by atoms with E-state index in [0.29, 0.717) is 5.76 Å². The molecule has 2 nitrogen and oxygen atoms in total. The standard InChI is InChI=1S/C12H15NOS/c1-4-12(9-15-3)14-10(2)11-6-5-7-13-8-11/h4-8H,2,9H2,1,3H3/b12-4-. The van der Waals surface area contributed by atoms with Gasteiger partial charge in [-0.05, 0) is 31.4 Å². The Balaban J connectivity index is 2.63. The molecule has 0 atom stereocenters. The van der Waals surface area contributed by atoms with Gasteiger partial charge in [-0.1, -0.05) is 6.58 Å². The Kier molecular flexibility index (Phi) is 4.98. The molecule has 0 radical (unpaired) electrons. The summed E-state index contributed by atoms with van der Waals surface area (Å²) in [7, 11) is 0. The zero-order chi connectivity index (χ0) is 11.1. The predicted molar refractivity (Wildman–Crippen MR) is 66.5 cm³/mol. The van der Waals surface area contributed by atoms with Crippen LogP contribution in [0, 0.1) is 0 Å². The number of pyridine rings is 1. The number of nitrogens with zero attached hydrogens (tertiary/aromatic N) is 1. The fourth-order valence-electron chi connectivity index (χ4n) is 1.06. The molecule has 0 saturated heterocycles. The van der Waals surface area contributed by atoms with E-state index in [1.165, 1.54) is 0 Å². The Morgan fingerprint density at radius 3 is 3.00 bits per heavy atom. The smallest absolute Gasteiger partial charge is 0.128 e. The van der Waals surface area contributed by atoms with E-state index in [4.69, 9.17) is 4.74 Å². The molecule has 3 heteroatoms. The van der Waals surface area contributed by atoms with E-state index in [9.17, 15) is 0 Å². The highest BCUT2D eigenvalue weighted by Gasteiger charge is 2.02. The molecule has 1 rings (SSSR count). The number of rotatable bonds is 5. The molecule has 1 heterocycles. The number of thioether (sulfide) groups is 1. The van der Waals surface area contributed by atoms with Crippen LogP contribution in [0.1, 0.15) is 12.5 Å². The maximum Gasteiger partial charge on any atom is 0.128 e. The van der Waals surface area contributed by atoms with Crippen molar-refractivity contribution >= 4 is 17.5 Å². The van der Waals surface area contributed by atoms with Crippen molar-refractivity contribution in [2.45, 2.75) is 6.92 Å². The molecule has 0 bridgehead atoms. The van der Waals surface area contributed by atoms with Crippen molar-refractivity contribution in [2.24, 2.45) is 0 Å². The first-order valence-electron chi connectivity index (χ1n) is 4.69. The summed E-state index contributed by atoms with van der Waals surface area (Å²) in [6, 6.07) is 3.80. The van der Waals surface area contributed by atoms with Crippen molar-refractivity contribution in [3.05, 3.63) is 48.5 Å². The van der Waals surface area contributed by atoms with Gasteiger partial charge in [0.1, 0.15) is 11.5 Å². The summed E-state index contributed by atoms with van der Waals surface area (Å²) in [6.07, 6.45) is 7.47. The zero-order valence-corrected chi connectivity index (χ0v) is 9.88. The van der Waals surface area contributed by atoms with Crippen molar-refractivity contribution in [1.82, 2.24) is 4.98 Å². The fourth-order valence-corrected chi connectivity index (χ4v) is 1.57. The van der Waals surface area contributed by atoms with Crippen molar-refractivity contribution < 1.29 is 4.74 Å². The number of hydrogen-bond donors (Lipinski definition) is 0. The summed E-state index contributed by atoms with van der Waals surface area (Å²) in [5.74, 6) is 2.43. The van der Waals surface area contributed by atoms with Gasteiger partial charge in [-0.3, -0.25) is 4.98 Å². The molecule has 0 aliphatic carbocycles. The first-order valence-corrected chi connectivity index (χ1v) is 6.08. The van der Waals surface area contributed by atoms with Gasteiger partial charge in [0.25, 0.3) is 0 Å². The van der Waals surface area contributed by atoms with Crippen LogP contribution in [0.3, 0.4) is 0 Å². The van der Waals surface area contributed by atoms with Crippen LogP contribution < -0.4 is 0 Å². The molecule has 0 unspecified atom stereocenters. The Morgan fingerprint density at radius 2 is 2.47 bits per heavy atom. The third-order valence-electron chi connectivity index (χ3n) is 1.85. The predicted octanol–water partition coefficient (Wildman–Crippen LogP) is 3.34. The number of aromatic nitrogens is 1. The Hall–Kier alpha value is -1.22. The van der Waals surface area contributed by atoms with E-state index >= 15 is 0 Å². The minimum absolute atomic E-state index is 0.644. The molecule has 0 aliphatic rings. The van der Waals surface area contributed by atoms with E-state index in [1.54, 1.807) is 24.2 Å². The molecular weight excluding hydrogens is 206 g/mol. The molecule has 80 valence electrons. The first kappa shape index (κ1) is 11.9. The summed E-state index contributed by atoms with van der Waals surface area (Å²) >= 11 is 1.72. The molecule has 0 saturated carbocycles. The highest BCUT2D eigenvalue weighted by Crippen LogP contribution is 2.18. The third kappa shape index (κ3) is 3.80. The lowest BCUT2D eigenvalue weighted by Gasteiger charge is -2.10. The van der Waals surface area contributed by atoms with Gasteiger partial charge in [0.05, 0.1) is 5.75 Å². The highest BCUT2D eigenvalue weighted by atomic mass is 32.2. The minimum Gasteiger partial charge on any atom is -0.461 e. The van der Waals surface area contributed by atoms with Crippen molar-refractivity contribution in [3.63, 3.8) is 0 Å². The SMILES string of the molecule is C=C(O/C(=C\C)CSC)c1cccnc1. The van der Waals surface area contributed by atoms with Crippen molar-refractivity contribution in [1.29, 1.82) is 0 Å². The second-order valence-electron chi connectivity index (χ2n) is 2.95. The average Bonchev–Trinajstić information content (AvgIpc) is 2.29. The lowest BCUT2D eigenvalue weighted by molar-refractivity contribution is 0.387. The van der Waals surface area contributed by atoms with Gasteiger partial charge in [-0.2, -0.15) is 11.8 Å². The van der Waals surface area contributed by atoms with Gasteiger partial charge < -0.3 is 4.74 Å². The van der Waals surface area contributed by atoms with Crippen LogP contribution in [-0.2, 0) is 4.74 Å². The van der Waals surface area contributed by atoms with Gasteiger partial charge in [0.15, 0.2) is 0 Å². The van der Waals surface area contributed by atoms with E-state index in [0.717, 1.165) is 17.1 Å². The summed E-state index contributed by atoms with van der Waals surface area (Å²) in [6.45, 7) is 5.84. The summed E-state index contributed by atoms with van der Waals surface area (Å²) in [4.78, 5) is 4.02. The molecule has 0 spiro atoms. The normalized spacial score (nSPS) is 11.2. The molecule has 0 fully saturated rings. The molecule has 0 amide bonds. The lowest BCUT2D eigenvalue weighted by Crippen LogP contribution is -1.94. The van der Waals surface area contributed by atoms with Crippen LogP contribution in [0.2, 0.25) is 0 Å². The van der Waals surface area contributed by atoms with Gasteiger partial charge in [0, 0.05) is 18.0 Å². The molecule has 1 aromatic rings. The number of hydrogen-bond acceptors (Lipinski definition) is 3. The Labute approximate surface area is 95.1 Å². The topological polar surface area (TPSA) is 22.1 Å². The van der Waals surface area contributed by atoms with Crippen LogP contribution in [-0.4, -0.2) is 17.0 Å². The van der Waals surface area contributed by atoms with Crippen LogP contribution in [0.4, 0.5) is 0 Å². The number of allylic oxidation sites excluding steroid dienone is 1. The fraction of sp³-hybridized carbons (Fsp3) is 0.250. The van der Waals surface area contributed by atoms with Gasteiger partial charge in [-0.25, -0.2) is 0 Å². The molecule has 0 aromatic carbocycles.